The van der Waals surface area contributed by atoms with E-state index < -0.39 is 29.0 Å². The van der Waals surface area contributed by atoms with Crippen molar-refractivity contribution in [3.63, 3.8) is 0 Å². The lowest BCUT2D eigenvalue weighted by Gasteiger charge is -2.30. The summed E-state index contributed by atoms with van der Waals surface area (Å²) in [4.78, 5) is 12.5. The van der Waals surface area contributed by atoms with E-state index in [1.807, 2.05) is 13.8 Å². The Balaban J connectivity index is 3.01. The third-order valence-electron chi connectivity index (χ3n) is 3.91. The van der Waals surface area contributed by atoms with Gasteiger partial charge in [-0.25, -0.2) is 0 Å². The Morgan fingerprint density at radius 3 is 2.09 bits per heavy atom. The highest BCUT2D eigenvalue weighted by Gasteiger charge is 2.62. The van der Waals surface area contributed by atoms with Crippen molar-refractivity contribution in [1.82, 2.24) is 5.32 Å². The molecule has 0 aromatic rings. The summed E-state index contributed by atoms with van der Waals surface area (Å²) in [5.41, 5.74) is -0.388. The maximum absolute atomic E-state index is 12.5. The van der Waals surface area contributed by atoms with Gasteiger partial charge in [-0.05, 0) is 17.4 Å². The summed E-state index contributed by atoms with van der Waals surface area (Å²) in [7, 11) is -1.59. The van der Waals surface area contributed by atoms with E-state index >= 15 is 0 Å². The van der Waals surface area contributed by atoms with Crippen molar-refractivity contribution in [1.29, 1.82) is 0 Å². The second-order valence-electron chi connectivity index (χ2n) is 5.64. The third-order valence-corrected chi connectivity index (χ3v) is 7.44. The number of nitrogens with one attached hydrogen (secondary N) is 1. The molecule has 11 heteroatoms. The van der Waals surface area contributed by atoms with E-state index in [2.05, 4.69) is 5.32 Å². The minimum Gasteiger partial charge on any atom is -0.338 e. The second kappa shape index (κ2) is 7.59. The minimum atomic E-state index is -3.86. The van der Waals surface area contributed by atoms with Crippen LogP contribution >= 0.6 is 65.6 Å². The van der Waals surface area contributed by atoms with Crippen molar-refractivity contribution in [3.8, 4) is 0 Å². The molecule has 3 atom stereocenters. The zero-order chi connectivity index (χ0) is 18.2. The molecule has 1 aliphatic rings. The Bertz CT molecular complexity index is 536. The molecule has 0 aliphatic heterocycles. The van der Waals surface area contributed by atoms with Crippen LogP contribution in [0, 0.1) is 17.3 Å². The molecule has 1 fully saturated rings. The van der Waals surface area contributed by atoms with E-state index in [4.69, 9.17) is 67.1 Å². The number of carbonyl (C=O) groups is 1. The Morgan fingerprint density at radius 2 is 1.74 bits per heavy atom. The van der Waals surface area contributed by atoms with Gasteiger partial charge in [0, 0.05) is 14.2 Å². The van der Waals surface area contributed by atoms with Gasteiger partial charge in [0.2, 0.25) is 9.70 Å². The maximum Gasteiger partial charge on any atom is 0.356 e. The average molecular weight is 448 g/mol. The quantitative estimate of drug-likeness (QED) is 0.466. The Morgan fingerprint density at radius 1 is 1.26 bits per heavy atom. The predicted octanol–water partition coefficient (Wildman–Crippen LogP) is 4.88. The van der Waals surface area contributed by atoms with Crippen LogP contribution in [-0.4, -0.2) is 29.7 Å². The summed E-state index contributed by atoms with van der Waals surface area (Å²) < 4.78 is 20.2. The molecule has 1 N–H and O–H groups in total. The van der Waals surface area contributed by atoms with Crippen LogP contribution in [0.2, 0.25) is 0 Å². The first kappa shape index (κ1) is 21.9. The highest BCUT2D eigenvalue weighted by molar-refractivity contribution is 7.55. The lowest BCUT2D eigenvalue weighted by Crippen LogP contribution is -2.45. The van der Waals surface area contributed by atoms with Crippen molar-refractivity contribution >= 4 is 71.5 Å². The lowest BCUT2D eigenvalue weighted by molar-refractivity contribution is -0.123. The van der Waals surface area contributed by atoms with E-state index in [0.717, 1.165) is 14.2 Å². The molecule has 0 unspecified atom stereocenters. The molecule has 0 saturated heterocycles. The van der Waals surface area contributed by atoms with E-state index in [1.165, 1.54) is 0 Å². The molecule has 0 spiro atoms. The number of alkyl halides is 3. The monoisotopic (exact) mass is 445 g/mol. The predicted molar refractivity (Wildman–Crippen MR) is 94.4 cm³/mol. The van der Waals surface area contributed by atoms with E-state index in [0.29, 0.717) is 0 Å². The molecule has 1 rings (SSSR count). The van der Waals surface area contributed by atoms with Gasteiger partial charge in [0.1, 0.15) is 4.49 Å². The maximum atomic E-state index is 12.5. The number of amides is 1. The van der Waals surface area contributed by atoms with Gasteiger partial charge in [-0.3, -0.25) is 9.36 Å². The molecule has 134 valence electrons. The van der Waals surface area contributed by atoms with Crippen LogP contribution in [0.3, 0.4) is 0 Å². The summed E-state index contributed by atoms with van der Waals surface area (Å²) in [6.07, 6.45) is 1.57. The molecule has 1 aliphatic carbocycles. The summed E-state index contributed by atoms with van der Waals surface area (Å²) in [5.74, 6) is -2.58. The third kappa shape index (κ3) is 4.92. The largest absolute Gasteiger partial charge is 0.356 e. The standard InChI is InChI=1S/C12H17Cl5NO4P/c1-11(2)6(5-7(13)14)8(11)9(19)18-10(12(15,16)17)23(20,21-3)22-4/h5-6,8,10H,1-4H3,(H,18,19)/t6-,8-,10-/m1/s1. The molecular formula is C12H17Cl5NO4P. The van der Waals surface area contributed by atoms with E-state index in [-0.39, 0.29) is 15.8 Å². The van der Waals surface area contributed by atoms with Crippen molar-refractivity contribution in [3.05, 3.63) is 10.6 Å². The first-order valence-electron chi connectivity index (χ1n) is 6.42. The summed E-state index contributed by atoms with van der Waals surface area (Å²) in [6, 6.07) is 0. The first-order chi connectivity index (χ1) is 10.3. The Hall–Kier alpha value is 0.810. The molecule has 0 aromatic heterocycles. The van der Waals surface area contributed by atoms with Gasteiger partial charge in [0.15, 0.2) is 5.78 Å². The fraction of sp³-hybridized carbons (Fsp3) is 0.750. The lowest BCUT2D eigenvalue weighted by atomic mass is 10.1. The SMILES string of the molecule is COP(=O)(OC)[C@@H](NC(=O)[C@H]1[C@@H](C=C(Cl)Cl)C1(C)C)C(Cl)(Cl)Cl. The topological polar surface area (TPSA) is 64.6 Å². The van der Waals surface area contributed by atoms with Crippen molar-refractivity contribution < 1.29 is 18.4 Å². The van der Waals surface area contributed by atoms with Crippen LogP contribution in [0.4, 0.5) is 0 Å². The van der Waals surface area contributed by atoms with Crippen LogP contribution < -0.4 is 5.32 Å². The van der Waals surface area contributed by atoms with Gasteiger partial charge in [-0.2, -0.15) is 0 Å². The Labute approximate surface area is 160 Å². The minimum absolute atomic E-state index is 0.0655. The normalized spacial score (nSPS) is 24.7. The van der Waals surface area contributed by atoms with Gasteiger partial charge in [-0.1, -0.05) is 71.9 Å². The fourth-order valence-corrected chi connectivity index (χ4v) is 5.20. The number of hydrogen-bond donors (Lipinski definition) is 1. The zero-order valence-electron chi connectivity index (χ0n) is 12.8. The Kier molecular flexibility index (Phi) is 7.21. The fourth-order valence-electron chi connectivity index (χ4n) is 2.48. The van der Waals surface area contributed by atoms with Gasteiger partial charge in [-0.15, -0.1) is 0 Å². The molecule has 0 radical (unpaired) electrons. The van der Waals surface area contributed by atoms with Crippen LogP contribution in [0.5, 0.6) is 0 Å². The number of allylic oxidation sites excluding steroid dienone is 1. The van der Waals surface area contributed by atoms with Crippen LogP contribution in [0.15, 0.2) is 10.6 Å². The molecule has 23 heavy (non-hydrogen) atoms. The molecule has 0 bridgehead atoms. The van der Waals surface area contributed by atoms with Crippen molar-refractivity contribution in [2.45, 2.75) is 23.4 Å². The van der Waals surface area contributed by atoms with E-state index in [1.54, 1.807) is 6.08 Å². The van der Waals surface area contributed by atoms with Gasteiger partial charge in [0.05, 0.1) is 5.92 Å². The number of halogens is 5. The second-order valence-corrected chi connectivity index (χ2v) is 11.3. The van der Waals surface area contributed by atoms with Crippen LogP contribution in [-0.2, 0) is 18.4 Å². The molecule has 1 amide bonds. The molecule has 5 nitrogen and oxygen atoms in total. The van der Waals surface area contributed by atoms with Gasteiger partial charge < -0.3 is 14.4 Å². The zero-order valence-corrected chi connectivity index (χ0v) is 17.5. The van der Waals surface area contributed by atoms with E-state index in [9.17, 15) is 9.36 Å². The summed E-state index contributed by atoms with van der Waals surface area (Å²) >= 11 is 28.8. The van der Waals surface area contributed by atoms with Gasteiger partial charge >= 0.3 is 7.60 Å². The first-order valence-corrected chi connectivity index (χ1v) is 9.92. The molecular weight excluding hydrogens is 430 g/mol. The smallest absolute Gasteiger partial charge is 0.338 e. The van der Waals surface area contributed by atoms with Gasteiger partial charge in [0.25, 0.3) is 0 Å². The highest BCUT2D eigenvalue weighted by Crippen LogP contribution is 2.61. The summed E-state index contributed by atoms with van der Waals surface area (Å²) in [6.45, 7) is 3.73. The summed E-state index contributed by atoms with van der Waals surface area (Å²) in [5, 5.41) is 2.46. The molecule has 0 aromatic carbocycles. The molecule has 1 saturated carbocycles. The highest BCUT2D eigenvalue weighted by atomic mass is 35.6. The van der Waals surface area contributed by atoms with Crippen molar-refractivity contribution in [2.24, 2.45) is 17.3 Å². The van der Waals surface area contributed by atoms with Crippen LogP contribution in [0.25, 0.3) is 0 Å². The van der Waals surface area contributed by atoms with Crippen molar-refractivity contribution in [2.75, 3.05) is 14.2 Å². The average Bonchev–Trinajstić information content (AvgIpc) is 2.94. The number of carbonyl (C=O) groups excluding carboxylic acids is 1. The number of hydrogen-bond acceptors (Lipinski definition) is 4. The number of rotatable bonds is 6. The molecule has 0 heterocycles. The van der Waals surface area contributed by atoms with Crippen LogP contribution in [0.1, 0.15) is 13.8 Å².